The Labute approximate surface area is 122 Å². The van der Waals surface area contributed by atoms with Gasteiger partial charge < -0.3 is 5.73 Å². The van der Waals surface area contributed by atoms with Gasteiger partial charge in [-0.1, -0.05) is 19.9 Å². The van der Waals surface area contributed by atoms with E-state index in [1.807, 2.05) is 26.8 Å². The second-order valence-electron chi connectivity index (χ2n) is 5.99. The number of aryl methyl sites for hydroxylation is 1. The number of hydrogen-bond acceptors (Lipinski definition) is 3. The normalized spacial score (nSPS) is 16.1. The van der Waals surface area contributed by atoms with E-state index in [0.29, 0.717) is 23.9 Å². The molecule has 1 saturated carbocycles. The van der Waals surface area contributed by atoms with Crippen molar-refractivity contribution < 1.29 is 8.42 Å². The van der Waals surface area contributed by atoms with Gasteiger partial charge >= 0.3 is 0 Å². The Kier molecular flexibility index (Phi) is 4.52. The van der Waals surface area contributed by atoms with E-state index in [1.165, 1.54) is 0 Å². The molecule has 1 aromatic carbocycles. The van der Waals surface area contributed by atoms with Crippen molar-refractivity contribution in [2.24, 2.45) is 11.7 Å². The van der Waals surface area contributed by atoms with Crippen LogP contribution in [-0.4, -0.2) is 25.3 Å². The SMILES string of the molecule is Cc1ccc(S(=O)(=O)N(CC(C)C)C2CC2)cc1CN. The molecule has 0 amide bonds. The quantitative estimate of drug-likeness (QED) is 0.876. The summed E-state index contributed by atoms with van der Waals surface area (Å²) in [7, 11) is -3.40. The highest BCUT2D eigenvalue weighted by Crippen LogP contribution is 2.33. The summed E-state index contributed by atoms with van der Waals surface area (Å²) in [6, 6.07) is 5.44. The van der Waals surface area contributed by atoms with Gasteiger partial charge in [0.1, 0.15) is 0 Å². The van der Waals surface area contributed by atoms with Crippen LogP contribution in [0, 0.1) is 12.8 Å². The van der Waals surface area contributed by atoms with Crippen molar-refractivity contribution in [2.75, 3.05) is 6.54 Å². The third-order valence-electron chi connectivity index (χ3n) is 3.65. The van der Waals surface area contributed by atoms with Crippen LogP contribution in [0.15, 0.2) is 23.1 Å². The molecule has 1 aliphatic rings. The van der Waals surface area contributed by atoms with Gasteiger partial charge in [0.2, 0.25) is 10.0 Å². The van der Waals surface area contributed by atoms with Gasteiger partial charge in [0, 0.05) is 19.1 Å². The molecule has 0 unspecified atom stereocenters. The van der Waals surface area contributed by atoms with Crippen LogP contribution in [0.5, 0.6) is 0 Å². The second kappa shape index (κ2) is 5.84. The number of nitrogens with two attached hydrogens (primary N) is 1. The first kappa shape index (κ1) is 15.5. The zero-order chi connectivity index (χ0) is 14.9. The van der Waals surface area contributed by atoms with E-state index in [2.05, 4.69) is 0 Å². The molecule has 0 radical (unpaired) electrons. The number of rotatable bonds is 6. The van der Waals surface area contributed by atoms with E-state index in [4.69, 9.17) is 5.73 Å². The minimum Gasteiger partial charge on any atom is -0.326 e. The van der Waals surface area contributed by atoms with E-state index in [1.54, 1.807) is 16.4 Å². The molecule has 5 heteroatoms. The molecule has 0 aromatic heterocycles. The highest BCUT2D eigenvalue weighted by molar-refractivity contribution is 7.89. The topological polar surface area (TPSA) is 63.4 Å². The standard InChI is InChI=1S/C15H24N2O2S/c1-11(2)10-17(14-5-6-14)20(18,19)15-7-4-12(3)13(8-15)9-16/h4,7-8,11,14H,5-6,9-10,16H2,1-3H3. The third-order valence-corrected chi connectivity index (χ3v) is 5.56. The lowest BCUT2D eigenvalue weighted by Crippen LogP contribution is -2.36. The van der Waals surface area contributed by atoms with E-state index in [-0.39, 0.29) is 6.04 Å². The van der Waals surface area contributed by atoms with Gasteiger partial charge in [-0.15, -0.1) is 0 Å². The summed E-state index contributed by atoms with van der Waals surface area (Å²) in [5.41, 5.74) is 7.61. The molecule has 1 fully saturated rings. The van der Waals surface area contributed by atoms with Gasteiger partial charge in [-0.3, -0.25) is 0 Å². The van der Waals surface area contributed by atoms with Crippen LogP contribution >= 0.6 is 0 Å². The molecule has 4 nitrogen and oxygen atoms in total. The summed E-state index contributed by atoms with van der Waals surface area (Å²) >= 11 is 0. The molecule has 2 rings (SSSR count). The third kappa shape index (κ3) is 3.22. The van der Waals surface area contributed by atoms with E-state index >= 15 is 0 Å². The lowest BCUT2D eigenvalue weighted by molar-refractivity contribution is 0.360. The molecular formula is C15H24N2O2S. The van der Waals surface area contributed by atoms with Crippen LogP contribution in [0.1, 0.15) is 37.8 Å². The fraction of sp³-hybridized carbons (Fsp3) is 0.600. The second-order valence-corrected chi connectivity index (χ2v) is 7.88. The Morgan fingerprint density at radius 2 is 2.00 bits per heavy atom. The van der Waals surface area contributed by atoms with Crippen molar-refractivity contribution in [1.82, 2.24) is 4.31 Å². The number of hydrogen-bond donors (Lipinski definition) is 1. The molecule has 2 N–H and O–H groups in total. The lowest BCUT2D eigenvalue weighted by Gasteiger charge is -2.24. The number of benzene rings is 1. The van der Waals surface area contributed by atoms with Crippen LogP contribution in [0.2, 0.25) is 0 Å². The summed E-state index contributed by atoms with van der Waals surface area (Å²) < 4.78 is 27.3. The fourth-order valence-corrected chi connectivity index (χ4v) is 4.23. The van der Waals surface area contributed by atoms with Crippen LogP contribution in [0.25, 0.3) is 0 Å². The molecule has 0 saturated heterocycles. The Hall–Kier alpha value is -0.910. The Bertz CT molecular complexity index is 578. The first-order valence-corrected chi connectivity index (χ1v) is 8.61. The zero-order valence-electron chi connectivity index (χ0n) is 12.5. The minimum atomic E-state index is -3.40. The predicted octanol–water partition coefficient (Wildman–Crippen LogP) is 2.26. The van der Waals surface area contributed by atoms with Crippen LogP contribution in [0.4, 0.5) is 0 Å². The zero-order valence-corrected chi connectivity index (χ0v) is 13.3. The van der Waals surface area contributed by atoms with E-state index in [9.17, 15) is 8.42 Å². The monoisotopic (exact) mass is 296 g/mol. The van der Waals surface area contributed by atoms with Gasteiger partial charge in [-0.05, 0) is 48.9 Å². The minimum absolute atomic E-state index is 0.185. The molecule has 112 valence electrons. The fourth-order valence-electron chi connectivity index (χ4n) is 2.33. The average molecular weight is 296 g/mol. The summed E-state index contributed by atoms with van der Waals surface area (Å²) in [4.78, 5) is 0.371. The molecule has 0 bridgehead atoms. The first-order valence-electron chi connectivity index (χ1n) is 7.17. The molecule has 0 heterocycles. The van der Waals surface area contributed by atoms with Gasteiger partial charge in [0.05, 0.1) is 4.90 Å². The van der Waals surface area contributed by atoms with Crippen LogP contribution in [0.3, 0.4) is 0 Å². The summed E-state index contributed by atoms with van der Waals surface area (Å²) in [5.74, 6) is 0.324. The highest BCUT2D eigenvalue weighted by atomic mass is 32.2. The van der Waals surface area contributed by atoms with Crippen molar-refractivity contribution in [2.45, 2.75) is 51.1 Å². The molecule has 0 aliphatic heterocycles. The summed E-state index contributed by atoms with van der Waals surface area (Å²) in [5, 5.41) is 0. The summed E-state index contributed by atoms with van der Waals surface area (Å²) in [6.45, 7) is 6.99. The maximum absolute atomic E-state index is 12.8. The molecule has 0 spiro atoms. The van der Waals surface area contributed by atoms with Crippen LogP contribution < -0.4 is 5.73 Å². The Morgan fingerprint density at radius 1 is 1.35 bits per heavy atom. The smallest absolute Gasteiger partial charge is 0.243 e. The van der Waals surface area contributed by atoms with Crippen molar-refractivity contribution in [3.05, 3.63) is 29.3 Å². The summed E-state index contributed by atoms with van der Waals surface area (Å²) in [6.07, 6.45) is 1.95. The van der Waals surface area contributed by atoms with Gasteiger partial charge in [0.15, 0.2) is 0 Å². The number of sulfonamides is 1. The number of nitrogens with zero attached hydrogens (tertiary/aromatic N) is 1. The van der Waals surface area contributed by atoms with E-state index < -0.39 is 10.0 Å². The molecule has 1 aliphatic carbocycles. The van der Waals surface area contributed by atoms with Crippen molar-refractivity contribution in [3.8, 4) is 0 Å². The van der Waals surface area contributed by atoms with Crippen LogP contribution in [-0.2, 0) is 16.6 Å². The molecule has 0 atom stereocenters. The molecule has 20 heavy (non-hydrogen) atoms. The largest absolute Gasteiger partial charge is 0.326 e. The van der Waals surface area contributed by atoms with E-state index in [0.717, 1.165) is 24.0 Å². The lowest BCUT2D eigenvalue weighted by atomic mass is 10.1. The first-order chi connectivity index (χ1) is 9.36. The highest BCUT2D eigenvalue weighted by Gasteiger charge is 2.38. The van der Waals surface area contributed by atoms with Gasteiger partial charge in [-0.25, -0.2) is 8.42 Å². The Balaban J connectivity index is 2.37. The van der Waals surface area contributed by atoms with Crippen molar-refractivity contribution in [1.29, 1.82) is 0 Å². The maximum Gasteiger partial charge on any atom is 0.243 e. The average Bonchev–Trinajstić information content (AvgIpc) is 3.20. The predicted molar refractivity (Wildman–Crippen MR) is 80.8 cm³/mol. The Morgan fingerprint density at radius 3 is 2.50 bits per heavy atom. The maximum atomic E-state index is 12.8. The van der Waals surface area contributed by atoms with Crippen molar-refractivity contribution >= 4 is 10.0 Å². The molecule has 1 aromatic rings. The van der Waals surface area contributed by atoms with Gasteiger partial charge in [-0.2, -0.15) is 4.31 Å². The van der Waals surface area contributed by atoms with Gasteiger partial charge in [0.25, 0.3) is 0 Å². The molecular weight excluding hydrogens is 272 g/mol. The van der Waals surface area contributed by atoms with Crippen molar-refractivity contribution in [3.63, 3.8) is 0 Å².